The molecule has 90 valence electrons. The lowest BCUT2D eigenvalue weighted by Crippen LogP contribution is -2.12. The average Bonchev–Trinajstić information content (AvgIpc) is 2.76. The second kappa shape index (κ2) is 5.50. The molecule has 0 bridgehead atoms. The van der Waals surface area contributed by atoms with Gasteiger partial charge in [0, 0.05) is 5.38 Å². The number of nitriles is 1. The lowest BCUT2D eigenvalue weighted by Gasteiger charge is -2.07. The number of nitrogens with one attached hydrogen (secondary N) is 1. The summed E-state index contributed by atoms with van der Waals surface area (Å²) in [5.41, 5.74) is 2.55. The lowest BCUT2D eigenvalue weighted by molar-refractivity contribution is 0.102. The summed E-state index contributed by atoms with van der Waals surface area (Å²) in [4.78, 5) is 12.0. The topological polar surface area (TPSA) is 52.9 Å². The standard InChI is InChI=1S/C13H9IN2OS/c1-8-3-2-4-11(10(8)6-15)16-13(17)9-5-12(14)18-7-9/h2-5,7H,1H3,(H,16,17). The number of carbonyl (C=O) groups is 1. The van der Waals surface area contributed by atoms with Gasteiger partial charge in [0.25, 0.3) is 5.91 Å². The van der Waals surface area contributed by atoms with Crippen molar-refractivity contribution in [1.29, 1.82) is 5.26 Å². The number of amides is 1. The van der Waals surface area contributed by atoms with E-state index in [4.69, 9.17) is 5.26 Å². The number of anilines is 1. The highest BCUT2D eigenvalue weighted by Crippen LogP contribution is 2.21. The zero-order valence-corrected chi connectivity index (χ0v) is 12.5. The molecular formula is C13H9IN2OS. The van der Waals surface area contributed by atoms with Gasteiger partial charge in [-0.15, -0.1) is 11.3 Å². The van der Waals surface area contributed by atoms with Gasteiger partial charge in [-0.3, -0.25) is 4.79 Å². The Morgan fingerprint density at radius 2 is 2.28 bits per heavy atom. The van der Waals surface area contributed by atoms with Crippen molar-refractivity contribution < 1.29 is 4.79 Å². The summed E-state index contributed by atoms with van der Waals surface area (Å²) in [6.07, 6.45) is 0. The quantitative estimate of drug-likeness (QED) is 0.821. The Balaban J connectivity index is 2.28. The summed E-state index contributed by atoms with van der Waals surface area (Å²) in [5, 5.41) is 13.7. The Labute approximate surface area is 123 Å². The van der Waals surface area contributed by atoms with E-state index < -0.39 is 0 Å². The number of aryl methyl sites for hydroxylation is 1. The van der Waals surface area contributed by atoms with Gasteiger partial charge in [-0.25, -0.2) is 0 Å². The van der Waals surface area contributed by atoms with Crippen molar-refractivity contribution in [2.45, 2.75) is 6.92 Å². The van der Waals surface area contributed by atoms with Crippen LogP contribution in [0.1, 0.15) is 21.5 Å². The number of hydrogen-bond acceptors (Lipinski definition) is 3. The molecule has 1 amide bonds. The number of rotatable bonds is 2. The van der Waals surface area contributed by atoms with Gasteiger partial charge in [0.1, 0.15) is 6.07 Å². The first-order valence-corrected chi connectivity index (χ1v) is 7.12. The minimum absolute atomic E-state index is 0.184. The van der Waals surface area contributed by atoms with E-state index in [1.54, 1.807) is 11.4 Å². The van der Waals surface area contributed by atoms with Crippen molar-refractivity contribution in [3.8, 4) is 6.07 Å². The number of hydrogen-bond donors (Lipinski definition) is 1. The zero-order chi connectivity index (χ0) is 13.1. The fraction of sp³-hybridized carbons (Fsp3) is 0.0769. The highest BCUT2D eigenvalue weighted by molar-refractivity contribution is 14.1. The maximum absolute atomic E-state index is 12.0. The molecule has 2 rings (SSSR count). The van der Waals surface area contributed by atoms with E-state index in [-0.39, 0.29) is 5.91 Å². The Morgan fingerprint density at radius 3 is 2.89 bits per heavy atom. The van der Waals surface area contributed by atoms with Gasteiger partial charge in [0.15, 0.2) is 0 Å². The third-order valence-corrected chi connectivity index (χ3v) is 4.25. The Morgan fingerprint density at radius 1 is 1.50 bits per heavy atom. The molecule has 5 heteroatoms. The number of benzene rings is 1. The van der Waals surface area contributed by atoms with Crippen LogP contribution in [0.5, 0.6) is 0 Å². The van der Waals surface area contributed by atoms with Crippen LogP contribution >= 0.6 is 33.9 Å². The van der Waals surface area contributed by atoms with E-state index in [1.807, 2.05) is 25.1 Å². The highest BCUT2D eigenvalue weighted by Gasteiger charge is 2.11. The number of nitrogens with zero attached hydrogens (tertiary/aromatic N) is 1. The average molecular weight is 368 g/mol. The molecule has 0 saturated carbocycles. The molecule has 1 heterocycles. The van der Waals surface area contributed by atoms with Crippen molar-refractivity contribution in [3.63, 3.8) is 0 Å². The van der Waals surface area contributed by atoms with E-state index >= 15 is 0 Å². The molecule has 0 spiro atoms. The summed E-state index contributed by atoms with van der Waals surface area (Å²) < 4.78 is 1.06. The summed E-state index contributed by atoms with van der Waals surface area (Å²) in [5.74, 6) is -0.184. The van der Waals surface area contributed by atoms with E-state index in [0.717, 1.165) is 8.45 Å². The molecule has 1 aromatic carbocycles. The van der Waals surface area contributed by atoms with Gasteiger partial charge in [-0.05, 0) is 47.2 Å². The predicted octanol–water partition coefficient (Wildman–Crippen LogP) is 3.79. The molecule has 0 aliphatic rings. The molecular weight excluding hydrogens is 359 g/mol. The monoisotopic (exact) mass is 368 g/mol. The van der Waals surface area contributed by atoms with Crippen LogP contribution in [0.3, 0.4) is 0 Å². The molecule has 0 unspecified atom stereocenters. The minimum atomic E-state index is -0.184. The smallest absolute Gasteiger partial charge is 0.256 e. The normalized spacial score (nSPS) is 9.83. The van der Waals surface area contributed by atoms with Gasteiger partial charge in [-0.2, -0.15) is 5.26 Å². The van der Waals surface area contributed by atoms with Gasteiger partial charge < -0.3 is 5.32 Å². The van der Waals surface area contributed by atoms with Crippen LogP contribution in [0.2, 0.25) is 0 Å². The molecule has 0 saturated heterocycles. The number of halogens is 1. The third kappa shape index (κ3) is 2.71. The van der Waals surface area contributed by atoms with Crippen LogP contribution in [-0.2, 0) is 0 Å². The minimum Gasteiger partial charge on any atom is -0.321 e. The molecule has 0 aliphatic carbocycles. The Hall–Kier alpha value is -1.39. The third-order valence-electron chi connectivity index (χ3n) is 2.46. The predicted molar refractivity (Wildman–Crippen MR) is 80.9 cm³/mol. The molecule has 0 atom stereocenters. The van der Waals surface area contributed by atoms with Crippen LogP contribution in [0.25, 0.3) is 0 Å². The summed E-state index contributed by atoms with van der Waals surface area (Å²) >= 11 is 3.69. The first-order valence-electron chi connectivity index (χ1n) is 5.17. The molecule has 1 N–H and O–H groups in total. The Kier molecular flexibility index (Phi) is 3.99. The second-order valence-electron chi connectivity index (χ2n) is 3.70. The molecule has 2 aromatic rings. The van der Waals surface area contributed by atoms with Crippen molar-refractivity contribution in [1.82, 2.24) is 0 Å². The first-order chi connectivity index (χ1) is 8.61. The molecule has 0 aliphatic heterocycles. The highest BCUT2D eigenvalue weighted by atomic mass is 127. The van der Waals surface area contributed by atoms with Crippen molar-refractivity contribution >= 4 is 45.5 Å². The number of thiophene rings is 1. The first kappa shape index (κ1) is 13.1. The van der Waals surface area contributed by atoms with Gasteiger partial charge in [-0.1, -0.05) is 12.1 Å². The van der Waals surface area contributed by atoms with E-state index in [9.17, 15) is 4.79 Å². The van der Waals surface area contributed by atoms with E-state index in [0.29, 0.717) is 16.8 Å². The Bertz CT molecular complexity index is 643. The van der Waals surface area contributed by atoms with Crippen LogP contribution in [0.4, 0.5) is 5.69 Å². The van der Waals surface area contributed by atoms with Crippen LogP contribution in [-0.4, -0.2) is 5.91 Å². The van der Waals surface area contributed by atoms with Gasteiger partial charge in [0.2, 0.25) is 0 Å². The second-order valence-corrected chi connectivity index (χ2v) is 6.51. The van der Waals surface area contributed by atoms with E-state index in [2.05, 4.69) is 34.0 Å². The van der Waals surface area contributed by atoms with Crippen molar-refractivity contribution in [2.75, 3.05) is 5.32 Å². The maximum Gasteiger partial charge on any atom is 0.256 e. The molecule has 18 heavy (non-hydrogen) atoms. The molecule has 0 fully saturated rings. The largest absolute Gasteiger partial charge is 0.321 e. The van der Waals surface area contributed by atoms with Crippen molar-refractivity contribution in [2.24, 2.45) is 0 Å². The summed E-state index contributed by atoms with van der Waals surface area (Å²) in [6.45, 7) is 1.85. The molecule has 0 radical (unpaired) electrons. The van der Waals surface area contributed by atoms with Crippen LogP contribution < -0.4 is 5.32 Å². The van der Waals surface area contributed by atoms with Crippen LogP contribution in [0, 0.1) is 21.1 Å². The molecule has 3 nitrogen and oxygen atoms in total. The number of carbonyl (C=O) groups excluding carboxylic acids is 1. The SMILES string of the molecule is Cc1cccc(NC(=O)c2csc(I)c2)c1C#N. The lowest BCUT2D eigenvalue weighted by atomic mass is 10.1. The maximum atomic E-state index is 12.0. The summed E-state index contributed by atoms with van der Waals surface area (Å²) in [7, 11) is 0. The van der Waals surface area contributed by atoms with E-state index in [1.165, 1.54) is 11.3 Å². The van der Waals surface area contributed by atoms with Crippen LogP contribution in [0.15, 0.2) is 29.6 Å². The van der Waals surface area contributed by atoms with Gasteiger partial charge in [0.05, 0.1) is 19.7 Å². The fourth-order valence-corrected chi connectivity index (χ4v) is 2.87. The fourth-order valence-electron chi connectivity index (χ4n) is 1.54. The van der Waals surface area contributed by atoms with Gasteiger partial charge >= 0.3 is 0 Å². The summed E-state index contributed by atoms with van der Waals surface area (Å²) in [6, 6.07) is 9.34. The molecule has 1 aromatic heterocycles. The van der Waals surface area contributed by atoms with Crippen molar-refractivity contribution in [3.05, 3.63) is 49.2 Å². The zero-order valence-electron chi connectivity index (χ0n) is 9.53.